The Bertz CT molecular complexity index is 448. The molecule has 27 heavy (non-hydrogen) atoms. The number of aliphatic hydroxyl groups excluding tert-OH is 2. The van der Waals surface area contributed by atoms with E-state index in [-0.39, 0.29) is 0 Å². The van der Waals surface area contributed by atoms with Gasteiger partial charge in [0, 0.05) is 0 Å². The van der Waals surface area contributed by atoms with Gasteiger partial charge in [-0.25, -0.2) is 14.2 Å². The summed E-state index contributed by atoms with van der Waals surface area (Å²) in [5.41, 5.74) is 0. The predicted molar refractivity (Wildman–Crippen MR) is 58.9 cm³/mol. The number of alkyl halides is 10. The first kappa shape index (κ1) is 26.0. The number of aliphatic hydroxyl groups is 2. The van der Waals surface area contributed by atoms with Gasteiger partial charge in [0.15, 0.2) is 0 Å². The molecule has 0 fully saturated rings. The Hall–Kier alpha value is -0.980. The maximum atomic E-state index is 13.0. The molecule has 0 bridgehead atoms. The van der Waals surface area contributed by atoms with Crippen molar-refractivity contribution in [3.05, 3.63) is 0 Å². The molecule has 0 aliphatic heterocycles. The van der Waals surface area contributed by atoms with Crippen LogP contribution in [0.3, 0.4) is 0 Å². The van der Waals surface area contributed by atoms with E-state index >= 15 is 0 Å². The van der Waals surface area contributed by atoms with E-state index in [1.54, 1.807) is 0 Å². The minimum Gasteiger partial charge on any atom is -0.394 e. The van der Waals surface area contributed by atoms with Crippen LogP contribution in [0.15, 0.2) is 0 Å². The molecule has 0 spiro atoms. The second-order valence-electron chi connectivity index (χ2n) is 4.25. The van der Waals surface area contributed by atoms with Gasteiger partial charge in [-0.1, -0.05) is 0 Å². The van der Waals surface area contributed by atoms with Crippen LogP contribution >= 0.6 is 0 Å². The molecule has 0 heterocycles. The highest BCUT2D eigenvalue weighted by molar-refractivity contribution is 4.69. The van der Waals surface area contributed by atoms with E-state index in [1.807, 2.05) is 0 Å². The zero-order valence-corrected chi connectivity index (χ0v) is 12.8. The Labute approximate surface area is 143 Å². The van der Waals surface area contributed by atoms with Crippen LogP contribution < -0.4 is 0 Å². The summed E-state index contributed by atoms with van der Waals surface area (Å²) in [6, 6.07) is 0. The van der Waals surface area contributed by atoms with Crippen molar-refractivity contribution in [1.29, 1.82) is 0 Å². The van der Waals surface area contributed by atoms with Gasteiger partial charge in [0.25, 0.3) is 0 Å². The first-order valence-electron chi connectivity index (χ1n) is 6.42. The van der Waals surface area contributed by atoms with Crippen LogP contribution in [0.1, 0.15) is 0 Å². The Morgan fingerprint density at radius 1 is 0.593 bits per heavy atom. The molecular formula is C10H12F10O7. The quantitative estimate of drug-likeness (QED) is 0.246. The van der Waals surface area contributed by atoms with Crippen LogP contribution in [0.2, 0.25) is 0 Å². The fourth-order valence-electron chi connectivity index (χ4n) is 1.09. The standard InChI is InChI=1S/C10H12F10O7/c11-6(12,5-23-3-1-21)25-10(19,20)27-8(15,16)7(13,14)26-9(17,18)24-4-2-22/h21-22H,1-5H2. The van der Waals surface area contributed by atoms with E-state index in [9.17, 15) is 43.9 Å². The molecule has 7 nitrogen and oxygen atoms in total. The number of hydrogen-bond acceptors (Lipinski definition) is 7. The molecule has 0 unspecified atom stereocenters. The van der Waals surface area contributed by atoms with Gasteiger partial charge in [0.2, 0.25) is 0 Å². The fourth-order valence-corrected chi connectivity index (χ4v) is 1.09. The predicted octanol–water partition coefficient (Wildman–Crippen LogP) is 1.93. The molecule has 0 radical (unpaired) electrons. The lowest BCUT2D eigenvalue weighted by molar-refractivity contribution is -0.580. The van der Waals surface area contributed by atoms with E-state index in [0.717, 1.165) is 0 Å². The van der Waals surface area contributed by atoms with E-state index < -0.39 is 63.9 Å². The van der Waals surface area contributed by atoms with Gasteiger partial charge < -0.3 is 14.9 Å². The monoisotopic (exact) mass is 434 g/mol. The highest BCUT2D eigenvalue weighted by Crippen LogP contribution is 2.44. The summed E-state index contributed by atoms with van der Waals surface area (Å²) in [6.45, 7) is -6.24. The Morgan fingerprint density at radius 3 is 1.48 bits per heavy atom. The summed E-state index contributed by atoms with van der Waals surface area (Å²) in [4.78, 5) is 0. The lowest BCUT2D eigenvalue weighted by Crippen LogP contribution is -2.53. The van der Waals surface area contributed by atoms with Crippen molar-refractivity contribution < 1.29 is 77.8 Å². The largest absolute Gasteiger partial charge is 0.495 e. The van der Waals surface area contributed by atoms with Crippen LogP contribution in [0.25, 0.3) is 0 Å². The first-order chi connectivity index (χ1) is 12.0. The third-order valence-electron chi connectivity index (χ3n) is 1.97. The zero-order valence-electron chi connectivity index (χ0n) is 12.8. The molecule has 0 aliphatic rings. The molecule has 0 aliphatic carbocycles. The van der Waals surface area contributed by atoms with Crippen molar-refractivity contribution in [3.63, 3.8) is 0 Å². The molecule has 0 rings (SSSR count). The number of ether oxygens (including phenoxy) is 5. The summed E-state index contributed by atoms with van der Waals surface area (Å²) in [6.07, 6.45) is -29.9. The normalized spacial score (nSPS) is 14.7. The second kappa shape index (κ2) is 9.48. The molecule has 0 aromatic rings. The minimum absolute atomic E-state index is 0.809. The number of rotatable bonds is 14. The highest BCUT2D eigenvalue weighted by atomic mass is 19.3. The molecule has 0 saturated heterocycles. The summed E-state index contributed by atoms with van der Waals surface area (Å²) < 4.78 is 143. The average molecular weight is 434 g/mol. The minimum atomic E-state index is -6.62. The van der Waals surface area contributed by atoms with Gasteiger partial charge in [-0.05, 0) is 0 Å². The number of halogens is 10. The summed E-state index contributed by atoms with van der Waals surface area (Å²) in [5, 5.41) is 16.4. The third-order valence-corrected chi connectivity index (χ3v) is 1.97. The first-order valence-corrected chi connectivity index (χ1v) is 6.42. The third kappa shape index (κ3) is 9.67. The van der Waals surface area contributed by atoms with Gasteiger partial charge in [0.05, 0.1) is 26.4 Å². The van der Waals surface area contributed by atoms with Gasteiger partial charge in [-0.3, -0.25) is 4.74 Å². The molecule has 0 amide bonds. The molecule has 0 aromatic heterocycles. The molecule has 17 heteroatoms. The van der Waals surface area contributed by atoms with Crippen LogP contribution in [0.5, 0.6) is 0 Å². The smallest absolute Gasteiger partial charge is 0.394 e. The Balaban J connectivity index is 5.07. The van der Waals surface area contributed by atoms with Crippen LogP contribution in [0.4, 0.5) is 43.9 Å². The highest BCUT2D eigenvalue weighted by Gasteiger charge is 2.69. The van der Waals surface area contributed by atoms with E-state index in [2.05, 4.69) is 23.7 Å². The molecule has 164 valence electrons. The van der Waals surface area contributed by atoms with Crippen molar-refractivity contribution in [2.75, 3.05) is 33.0 Å². The maximum absolute atomic E-state index is 13.0. The molecule has 0 aromatic carbocycles. The SMILES string of the molecule is OCCOCC(F)(F)OC(F)(F)OC(F)(F)C(F)(F)OC(F)(F)OCCO. The summed E-state index contributed by atoms with van der Waals surface area (Å²) in [5.74, 6) is 0. The van der Waals surface area contributed by atoms with Crippen molar-refractivity contribution in [3.8, 4) is 0 Å². The van der Waals surface area contributed by atoms with Crippen molar-refractivity contribution >= 4 is 0 Å². The molecule has 0 atom stereocenters. The van der Waals surface area contributed by atoms with Gasteiger partial charge in [0.1, 0.15) is 6.61 Å². The lowest BCUT2D eigenvalue weighted by Gasteiger charge is -2.31. The molecule has 2 N–H and O–H groups in total. The average Bonchev–Trinajstić information content (AvgIpc) is 2.41. The lowest BCUT2D eigenvalue weighted by atomic mass is 10.5. The van der Waals surface area contributed by atoms with Crippen LogP contribution in [-0.2, 0) is 23.7 Å². The fraction of sp³-hybridized carbons (Fsp3) is 1.00. The van der Waals surface area contributed by atoms with E-state index in [1.165, 1.54) is 0 Å². The maximum Gasteiger partial charge on any atom is 0.495 e. The van der Waals surface area contributed by atoms with E-state index in [0.29, 0.717) is 0 Å². The zero-order chi connectivity index (χ0) is 21.6. The van der Waals surface area contributed by atoms with Gasteiger partial charge in [-0.15, -0.1) is 17.6 Å². The van der Waals surface area contributed by atoms with Crippen molar-refractivity contribution in [2.45, 2.75) is 30.9 Å². The van der Waals surface area contributed by atoms with Crippen LogP contribution in [0, 0.1) is 0 Å². The Kier molecular flexibility index (Phi) is 9.14. The van der Waals surface area contributed by atoms with Crippen molar-refractivity contribution in [1.82, 2.24) is 0 Å². The van der Waals surface area contributed by atoms with Crippen LogP contribution in [-0.4, -0.2) is 74.2 Å². The molecule has 0 saturated carbocycles. The topological polar surface area (TPSA) is 86.6 Å². The Morgan fingerprint density at radius 2 is 1.04 bits per heavy atom. The second-order valence-corrected chi connectivity index (χ2v) is 4.25. The summed E-state index contributed by atoms with van der Waals surface area (Å²) >= 11 is 0. The number of hydrogen-bond donors (Lipinski definition) is 2. The van der Waals surface area contributed by atoms with Crippen molar-refractivity contribution in [2.24, 2.45) is 0 Å². The summed E-state index contributed by atoms with van der Waals surface area (Å²) in [7, 11) is 0. The van der Waals surface area contributed by atoms with Gasteiger partial charge in [-0.2, -0.15) is 26.3 Å². The van der Waals surface area contributed by atoms with E-state index in [4.69, 9.17) is 10.2 Å². The van der Waals surface area contributed by atoms with Gasteiger partial charge >= 0.3 is 30.9 Å². The molecular weight excluding hydrogens is 422 g/mol.